The molecule has 1 aromatic heterocycles. The van der Waals surface area contributed by atoms with Gasteiger partial charge in [-0.25, -0.2) is 9.78 Å². The number of nitrogens with zero attached hydrogens (tertiary/aromatic N) is 3. The van der Waals surface area contributed by atoms with E-state index in [1.807, 2.05) is 6.07 Å². The number of likely N-dealkylation sites (tertiary alicyclic amines) is 1. The average molecular weight is 428 g/mol. The van der Waals surface area contributed by atoms with Crippen LogP contribution in [0, 0.1) is 0 Å². The molecule has 0 radical (unpaired) electrons. The largest absolute Gasteiger partial charge is 0.506 e. The van der Waals surface area contributed by atoms with Crippen LogP contribution in [-0.2, 0) is 16.1 Å². The Morgan fingerprint density at radius 2 is 2.00 bits per heavy atom. The molecule has 1 saturated heterocycles. The number of aliphatic hydroxyl groups excluding tert-OH is 1. The summed E-state index contributed by atoms with van der Waals surface area (Å²) in [6.07, 6.45) is 4.69. The van der Waals surface area contributed by atoms with Crippen LogP contribution in [0.4, 0.5) is 0 Å². The predicted molar refractivity (Wildman–Crippen MR) is 119 cm³/mol. The van der Waals surface area contributed by atoms with Gasteiger partial charge in [-0.2, -0.15) is 0 Å². The first kappa shape index (κ1) is 22.0. The zero-order chi connectivity index (χ0) is 21.3. The molecule has 30 heavy (non-hydrogen) atoms. The van der Waals surface area contributed by atoms with Crippen LogP contribution >= 0.6 is 11.6 Å². The van der Waals surface area contributed by atoms with Crippen LogP contribution in [0.25, 0.3) is 5.76 Å². The Morgan fingerprint density at radius 1 is 1.27 bits per heavy atom. The number of aromatic nitrogens is 1. The highest BCUT2D eigenvalue weighted by Crippen LogP contribution is 2.23. The number of aliphatic imine (C=N–C) groups is 1. The number of carbonyl (C=O) groups excluding carboxylic acids is 1. The molecular weight excluding hydrogens is 402 g/mol. The van der Waals surface area contributed by atoms with E-state index in [9.17, 15) is 9.90 Å². The number of benzene rings is 1. The van der Waals surface area contributed by atoms with E-state index >= 15 is 0 Å². The summed E-state index contributed by atoms with van der Waals surface area (Å²) in [5, 5.41) is 10.8. The molecule has 1 N–H and O–H groups in total. The Labute approximate surface area is 181 Å². The molecule has 3 rings (SSSR count). The fourth-order valence-electron chi connectivity index (χ4n) is 3.38. The number of pyridine rings is 1. The molecule has 1 aliphatic rings. The second-order valence-electron chi connectivity index (χ2n) is 7.10. The van der Waals surface area contributed by atoms with Gasteiger partial charge < -0.3 is 9.84 Å². The zero-order valence-corrected chi connectivity index (χ0v) is 17.8. The van der Waals surface area contributed by atoms with Crippen molar-refractivity contribution in [2.24, 2.45) is 4.99 Å². The molecule has 0 atom stereocenters. The van der Waals surface area contributed by atoms with Gasteiger partial charge in [-0.1, -0.05) is 41.9 Å². The summed E-state index contributed by atoms with van der Waals surface area (Å²) in [6.45, 7) is 4.68. The Hall–Kier alpha value is -2.70. The van der Waals surface area contributed by atoms with Crippen molar-refractivity contribution in [3.8, 4) is 0 Å². The number of halogens is 1. The summed E-state index contributed by atoms with van der Waals surface area (Å²) >= 11 is 6.07. The van der Waals surface area contributed by atoms with E-state index in [1.165, 1.54) is 18.0 Å². The van der Waals surface area contributed by atoms with Gasteiger partial charge in [-0.3, -0.25) is 9.89 Å². The third-order valence-electron chi connectivity index (χ3n) is 4.99. The molecule has 2 heterocycles. The Morgan fingerprint density at radius 3 is 2.67 bits per heavy atom. The molecule has 7 heteroatoms. The molecule has 1 aromatic carbocycles. The maximum atomic E-state index is 12.4. The smallest absolute Gasteiger partial charge is 0.343 e. The van der Waals surface area contributed by atoms with Crippen molar-refractivity contribution in [1.82, 2.24) is 9.88 Å². The summed E-state index contributed by atoms with van der Waals surface area (Å²) in [5.41, 5.74) is 1.55. The third kappa shape index (κ3) is 5.90. The Bertz CT molecular complexity index is 907. The lowest BCUT2D eigenvalue weighted by molar-refractivity contribution is -0.137. The minimum absolute atomic E-state index is 0.0153. The molecule has 6 nitrogen and oxygen atoms in total. The van der Waals surface area contributed by atoms with E-state index in [1.54, 1.807) is 19.1 Å². The van der Waals surface area contributed by atoms with Gasteiger partial charge in [-0.15, -0.1) is 0 Å². The molecule has 158 valence electrons. The quantitative estimate of drug-likeness (QED) is 0.234. The first-order valence-electron chi connectivity index (χ1n) is 10.1. The number of hydrogen-bond acceptors (Lipinski definition) is 6. The molecule has 1 aliphatic heterocycles. The number of hydrogen-bond donors (Lipinski definition) is 1. The Balaban J connectivity index is 1.69. The van der Waals surface area contributed by atoms with Gasteiger partial charge in [0.25, 0.3) is 0 Å². The second-order valence-corrected chi connectivity index (χ2v) is 7.45. The van der Waals surface area contributed by atoms with Gasteiger partial charge >= 0.3 is 5.97 Å². The summed E-state index contributed by atoms with van der Waals surface area (Å²) in [7, 11) is 0. The van der Waals surface area contributed by atoms with Crippen molar-refractivity contribution in [2.75, 3.05) is 19.7 Å². The number of esters is 1. The fraction of sp³-hybridized carbons (Fsp3) is 0.348. The van der Waals surface area contributed by atoms with Crippen molar-refractivity contribution in [2.45, 2.75) is 32.4 Å². The first-order valence-corrected chi connectivity index (χ1v) is 10.5. The van der Waals surface area contributed by atoms with E-state index in [-0.39, 0.29) is 34.7 Å². The first-order chi connectivity index (χ1) is 14.6. The lowest BCUT2D eigenvalue weighted by Gasteiger charge is -2.30. The lowest BCUT2D eigenvalue weighted by atomic mass is 10.0. The summed E-state index contributed by atoms with van der Waals surface area (Å²) in [5.74, 6) is -0.919. The highest BCUT2D eigenvalue weighted by atomic mass is 35.5. The van der Waals surface area contributed by atoms with Crippen LogP contribution in [0.15, 0.2) is 59.2 Å². The van der Waals surface area contributed by atoms with E-state index in [0.29, 0.717) is 0 Å². The van der Waals surface area contributed by atoms with Crippen LogP contribution < -0.4 is 0 Å². The van der Waals surface area contributed by atoms with Crippen molar-refractivity contribution < 1.29 is 14.6 Å². The minimum atomic E-state index is -0.639. The molecule has 0 unspecified atom stereocenters. The topological polar surface area (TPSA) is 75.0 Å². The highest BCUT2D eigenvalue weighted by molar-refractivity contribution is 6.31. The van der Waals surface area contributed by atoms with Gasteiger partial charge in [0.05, 0.1) is 18.2 Å². The van der Waals surface area contributed by atoms with E-state index < -0.39 is 5.97 Å². The molecule has 0 saturated carbocycles. The van der Waals surface area contributed by atoms with Gasteiger partial charge in [0.1, 0.15) is 16.5 Å². The molecule has 0 aliphatic carbocycles. The second kappa shape index (κ2) is 10.9. The monoisotopic (exact) mass is 427 g/mol. The van der Waals surface area contributed by atoms with Crippen molar-refractivity contribution in [3.63, 3.8) is 0 Å². The van der Waals surface area contributed by atoms with Crippen molar-refractivity contribution in [1.29, 1.82) is 0 Å². The van der Waals surface area contributed by atoms with E-state index in [0.717, 1.165) is 32.5 Å². The standard InChI is InChI=1S/C23H26ClN3O3/c1-2-30-23(29)20(21(28)19-9-6-12-25-22(19)24)15-26-18-10-13-27(14-11-18)16-17-7-4-3-5-8-17/h3-9,12,15,18,28H,2,10-11,13-14,16H2,1H3. The molecule has 0 spiro atoms. The maximum Gasteiger partial charge on any atom is 0.343 e. The summed E-state index contributed by atoms with van der Waals surface area (Å²) in [4.78, 5) is 23.3. The van der Waals surface area contributed by atoms with Gasteiger partial charge in [0.15, 0.2) is 0 Å². The number of rotatable bonds is 7. The number of aliphatic hydroxyl groups is 1. The fourth-order valence-corrected chi connectivity index (χ4v) is 3.58. The lowest BCUT2D eigenvalue weighted by Crippen LogP contribution is -2.34. The normalized spacial score (nSPS) is 16.5. The molecule has 0 bridgehead atoms. The van der Waals surface area contributed by atoms with Crippen LogP contribution in [0.2, 0.25) is 5.15 Å². The number of piperidine rings is 1. The number of ether oxygens (including phenoxy) is 1. The molecular formula is C23H26ClN3O3. The SMILES string of the molecule is CCOC(=O)C(C=NC1CCN(Cc2ccccc2)CC1)=C(O)c1cccnc1Cl. The highest BCUT2D eigenvalue weighted by Gasteiger charge is 2.21. The average Bonchev–Trinajstić information content (AvgIpc) is 2.76. The zero-order valence-electron chi connectivity index (χ0n) is 17.0. The Kier molecular flexibility index (Phi) is 7.99. The molecule has 2 aromatic rings. The van der Waals surface area contributed by atoms with Gasteiger partial charge in [0, 0.05) is 32.0 Å². The van der Waals surface area contributed by atoms with Crippen molar-refractivity contribution in [3.05, 3.63) is 70.5 Å². The van der Waals surface area contributed by atoms with Gasteiger partial charge in [-0.05, 0) is 37.5 Å². The minimum Gasteiger partial charge on any atom is -0.506 e. The van der Waals surface area contributed by atoms with Crippen molar-refractivity contribution >= 4 is 29.5 Å². The van der Waals surface area contributed by atoms with Crippen LogP contribution in [0.1, 0.15) is 30.9 Å². The third-order valence-corrected chi connectivity index (χ3v) is 5.29. The number of carbonyl (C=O) groups is 1. The van der Waals surface area contributed by atoms with Crippen LogP contribution in [-0.4, -0.2) is 52.9 Å². The predicted octanol–water partition coefficient (Wildman–Crippen LogP) is 4.30. The van der Waals surface area contributed by atoms with E-state index in [2.05, 4.69) is 39.1 Å². The van der Waals surface area contributed by atoms with Crippen LogP contribution in [0.5, 0.6) is 0 Å². The maximum absolute atomic E-state index is 12.4. The summed E-state index contributed by atoms with van der Waals surface area (Å²) < 4.78 is 5.09. The molecule has 0 amide bonds. The van der Waals surface area contributed by atoms with Gasteiger partial charge in [0.2, 0.25) is 0 Å². The van der Waals surface area contributed by atoms with E-state index in [4.69, 9.17) is 16.3 Å². The summed E-state index contributed by atoms with van der Waals surface area (Å²) in [6, 6.07) is 13.7. The van der Waals surface area contributed by atoms with Crippen LogP contribution in [0.3, 0.4) is 0 Å². The molecule has 1 fully saturated rings.